The van der Waals surface area contributed by atoms with Gasteiger partial charge in [0.05, 0.1) is 5.39 Å². The van der Waals surface area contributed by atoms with Gasteiger partial charge < -0.3 is 15.4 Å². The van der Waals surface area contributed by atoms with Gasteiger partial charge >= 0.3 is 0 Å². The van der Waals surface area contributed by atoms with E-state index in [-0.39, 0.29) is 11.3 Å². The summed E-state index contributed by atoms with van der Waals surface area (Å²) in [5.74, 6) is 0.130. The van der Waals surface area contributed by atoms with Gasteiger partial charge in [-0.3, -0.25) is 4.79 Å². The maximum atomic E-state index is 12.1. The molecule has 146 valence electrons. The predicted octanol–water partition coefficient (Wildman–Crippen LogP) is 4.96. The summed E-state index contributed by atoms with van der Waals surface area (Å²) in [6, 6.07) is 13.4. The number of aromatic nitrogens is 1. The highest BCUT2D eigenvalue weighted by molar-refractivity contribution is 5.99. The molecule has 1 fully saturated rings. The molecule has 4 rings (SSSR count). The van der Waals surface area contributed by atoms with Crippen LogP contribution in [0, 0.1) is 5.41 Å². The standard InChI is InChI=1S/C24H28N2O2/c1-24(12-3-2-4-13-24)16-25-14-17-8-10-18(11-9-17)20-15-26-23(28)19-6-5-7-21(27)22(19)20/h5-11,15,25,27H,2-4,12-14,16H2,1H3,(H,26,28). The quantitative estimate of drug-likeness (QED) is 0.590. The summed E-state index contributed by atoms with van der Waals surface area (Å²) >= 11 is 0. The van der Waals surface area contributed by atoms with Crippen molar-refractivity contribution < 1.29 is 5.11 Å². The van der Waals surface area contributed by atoms with Crippen LogP contribution in [0.15, 0.2) is 53.5 Å². The number of fused-ring (bicyclic) bond motifs is 1. The van der Waals surface area contributed by atoms with Gasteiger partial charge in [-0.2, -0.15) is 0 Å². The van der Waals surface area contributed by atoms with E-state index in [1.807, 2.05) is 0 Å². The van der Waals surface area contributed by atoms with Crippen LogP contribution < -0.4 is 10.9 Å². The molecule has 0 bridgehead atoms. The number of H-pyrrole nitrogens is 1. The van der Waals surface area contributed by atoms with Gasteiger partial charge in [-0.25, -0.2) is 0 Å². The Morgan fingerprint density at radius 3 is 2.57 bits per heavy atom. The van der Waals surface area contributed by atoms with Crippen molar-refractivity contribution in [2.45, 2.75) is 45.6 Å². The van der Waals surface area contributed by atoms with Crippen LogP contribution in [-0.4, -0.2) is 16.6 Å². The molecule has 0 saturated heterocycles. The molecule has 1 saturated carbocycles. The van der Waals surface area contributed by atoms with Crippen molar-refractivity contribution in [3.05, 3.63) is 64.6 Å². The second kappa shape index (κ2) is 7.80. The molecule has 1 aromatic heterocycles. The number of pyridine rings is 1. The van der Waals surface area contributed by atoms with Gasteiger partial charge in [0.15, 0.2) is 0 Å². The van der Waals surface area contributed by atoms with E-state index in [1.165, 1.54) is 37.7 Å². The zero-order valence-electron chi connectivity index (χ0n) is 16.4. The van der Waals surface area contributed by atoms with Crippen LogP contribution in [0.4, 0.5) is 0 Å². The number of aromatic amines is 1. The largest absolute Gasteiger partial charge is 0.507 e. The van der Waals surface area contributed by atoms with Crippen LogP contribution in [0.5, 0.6) is 5.75 Å². The number of rotatable bonds is 5. The first-order valence-electron chi connectivity index (χ1n) is 10.2. The Hall–Kier alpha value is -2.59. The van der Waals surface area contributed by atoms with E-state index in [0.29, 0.717) is 16.2 Å². The highest BCUT2D eigenvalue weighted by Crippen LogP contribution is 2.35. The normalized spacial score (nSPS) is 16.3. The molecule has 3 aromatic rings. The molecule has 4 heteroatoms. The van der Waals surface area contributed by atoms with Gasteiger partial charge in [0, 0.05) is 30.2 Å². The minimum atomic E-state index is -0.188. The van der Waals surface area contributed by atoms with Gasteiger partial charge in [-0.15, -0.1) is 0 Å². The molecule has 0 amide bonds. The molecule has 28 heavy (non-hydrogen) atoms. The number of phenols is 1. The van der Waals surface area contributed by atoms with Crippen molar-refractivity contribution in [1.82, 2.24) is 10.3 Å². The van der Waals surface area contributed by atoms with Crippen LogP contribution in [0.2, 0.25) is 0 Å². The van der Waals surface area contributed by atoms with Gasteiger partial charge in [0.25, 0.3) is 5.56 Å². The van der Waals surface area contributed by atoms with Crippen molar-refractivity contribution in [2.24, 2.45) is 5.41 Å². The van der Waals surface area contributed by atoms with Gasteiger partial charge in [-0.1, -0.05) is 56.5 Å². The smallest absolute Gasteiger partial charge is 0.255 e. The van der Waals surface area contributed by atoms with Crippen LogP contribution >= 0.6 is 0 Å². The molecule has 0 spiro atoms. The van der Waals surface area contributed by atoms with E-state index in [0.717, 1.165) is 24.2 Å². The summed E-state index contributed by atoms with van der Waals surface area (Å²) in [5, 5.41) is 15.0. The minimum Gasteiger partial charge on any atom is -0.507 e. The number of phenolic OH excluding ortho intramolecular Hbond substituents is 1. The molecule has 4 nitrogen and oxygen atoms in total. The number of hydrogen-bond acceptors (Lipinski definition) is 3. The fourth-order valence-corrected chi connectivity index (χ4v) is 4.42. The van der Waals surface area contributed by atoms with Crippen molar-refractivity contribution >= 4 is 10.8 Å². The maximum Gasteiger partial charge on any atom is 0.255 e. The number of aromatic hydroxyl groups is 1. The molecule has 1 aliphatic rings. The zero-order chi connectivity index (χ0) is 19.6. The molecule has 1 heterocycles. The minimum absolute atomic E-state index is 0.130. The second-order valence-corrected chi connectivity index (χ2v) is 8.40. The van der Waals surface area contributed by atoms with E-state index < -0.39 is 0 Å². The first-order valence-corrected chi connectivity index (χ1v) is 10.2. The van der Waals surface area contributed by atoms with Crippen molar-refractivity contribution in [1.29, 1.82) is 0 Å². The van der Waals surface area contributed by atoms with Gasteiger partial charge in [0.1, 0.15) is 5.75 Å². The first kappa shape index (κ1) is 18.8. The lowest BCUT2D eigenvalue weighted by Gasteiger charge is -2.33. The molecule has 0 unspecified atom stereocenters. The highest BCUT2D eigenvalue weighted by Gasteiger charge is 2.25. The summed E-state index contributed by atoms with van der Waals surface area (Å²) in [6.45, 7) is 4.32. The number of nitrogens with one attached hydrogen (secondary N) is 2. The fourth-order valence-electron chi connectivity index (χ4n) is 4.42. The lowest BCUT2D eigenvalue weighted by atomic mass is 9.76. The van der Waals surface area contributed by atoms with E-state index in [2.05, 4.69) is 41.5 Å². The van der Waals surface area contributed by atoms with Crippen molar-refractivity contribution in [2.75, 3.05) is 6.54 Å². The Bertz CT molecular complexity index is 1010. The summed E-state index contributed by atoms with van der Waals surface area (Å²) in [4.78, 5) is 14.8. The Morgan fingerprint density at radius 2 is 1.82 bits per heavy atom. The summed E-state index contributed by atoms with van der Waals surface area (Å²) < 4.78 is 0. The molecular weight excluding hydrogens is 348 g/mol. The maximum absolute atomic E-state index is 12.1. The Kier molecular flexibility index (Phi) is 5.23. The third kappa shape index (κ3) is 3.83. The Morgan fingerprint density at radius 1 is 1.07 bits per heavy atom. The van der Waals surface area contributed by atoms with Crippen LogP contribution in [-0.2, 0) is 6.54 Å². The molecular formula is C24H28N2O2. The van der Waals surface area contributed by atoms with Gasteiger partial charge in [-0.05, 0) is 41.5 Å². The van der Waals surface area contributed by atoms with E-state index in [1.54, 1.807) is 24.4 Å². The summed E-state index contributed by atoms with van der Waals surface area (Å²) in [5.41, 5.74) is 3.30. The Labute approximate surface area is 165 Å². The SMILES string of the molecule is CC1(CNCc2ccc(-c3c[nH]c(=O)c4cccc(O)c34)cc2)CCCCC1. The third-order valence-electron chi connectivity index (χ3n) is 6.11. The average molecular weight is 377 g/mol. The van der Waals surface area contributed by atoms with E-state index in [4.69, 9.17) is 0 Å². The van der Waals surface area contributed by atoms with Crippen LogP contribution in [0.1, 0.15) is 44.6 Å². The number of hydrogen-bond donors (Lipinski definition) is 3. The van der Waals surface area contributed by atoms with Gasteiger partial charge in [0.2, 0.25) is 0 Å². The molecule has 3 N–H and O–H groups in total. The molecule has 0 radical (unpaired) electrons. The molecule has 1 aliphatic carbocycles. The lowest BCUT2D eigenvalue weighted by Crippen LogP contribution is -2.33. The second-order valence-electron chi connectivity index (χ2n) is 8.40. The zero-order valence-corrected chi connectivity index (χ0v) is 16.4. The summed E-state index contributed by atoms with van der Waals surface area (Å²) in [7, 11) is 0. The molecule has 0 atom stereocenters. The topological polar surface area (TPSA) is 65.1 Å². The molecule has 2 aromatic carbocycles. The van der Waals surface area contributed by atoms with Crippen molar-refractivity contribution in [3.63, 3.8) is 0 Å². The lowest BCUT2D eigenvalue weighted by molar-refractivity contribution is 0.207. The molecule has 0 aliphatic heterocycles. The number of benzene rings is 2. The fraction of sp³-hybridized carbons (Fsp3) is 0.375. The van der Waals surface area contributed by atoms with Crippen LogP contribution in [0.25, 0.3) is 21.9 Å². The predicted molar refractivity (Wildman–Crippen MR) is 115 cm³/mol. The Balaban J connectivity index is 1.50. The van der Waals surface area contributed by atoms with Crippen LogP contribution in [0.3, 0.4) is 0 Å². The average Bonchev–Trinajstić information content (AvgIpc) is 2.70. The van der Waals surface area contributed by atoms with Crippen molar-refractivity contribution in [3.8, 4) is 16.9 Å². The first-order chi connectivity index (χ1) is 13.6. The van der Waals surface area contributed by atoms with E-state index >= 15 is 0 Å². The third-order valence-corrected chi connectivity index (χ3v) is 6.11. The van der Waals surface area contributed by atoms with E-state index in [9.17, 15) is 9.90 Å². The monoisotopic (exact) mass is 376 g/mol. The highest BCUT2D eigenvalue weighted by atomic mass is 16.3. The summed E-state index contributed by atoms with van der Waals surface area (Å²) in [6.07, 6.45) is 8.41.